The molecular formula is C27H25N3O6. The van der Waals surface area contributed by atoms with Crippen molar-refractivity contribution < 1.29 is 28.6 Å². The lowest BCUT2D eigenvalue weighted by molar-refractivity contribution is -0.0399. The molecule has 0 aliphatic carbocycles. The van der Waals surface area contributed by atoms with Crippen LogP contribution >= 0.6 is 0 Å². The third-order valence-corrected chi connectivity index (χ3v) is 5.73. The molecule has 184 valence electrons. The van der Waals surface area contributed by atoms with Gasteiger partial charge in [-0.25, -0.2) is 4.79 Å². The predicted octanol–water partition coefficient (Wildman–Crippen LogP) is 4.59. The van der Waals surface area contributed by atoms with Gasteiger partial charge in [0.05, 0.1) is 19.3 Å². The normalized spacial score (nSPS) is 14.4. The number of carboxylic acid groups (broad SMARTS) is 1. The van der Waals surface area contributed by atoms with Crippen LogP contribution < -0.4 is 10.1 Å². The summed E-state index contributed by atoms with van der Waals surface area (Å²) in [7, 11) is 0. The molecule has 9 nitrogen and oxygen atoms in total. The second-order valence-electron chi connectivity index (χ2n) is 8.24. The molecule has 1 amide bonds. The molecule has 5 rings (SSSR count). The van der Waals surface area contributed by atoms with Gasteiger partial charge in [-0.15, -0.1) is 0 Å². The fourth-order valence-electron chi connectivity index (χ4n) is 4.00. The van der Waals surface area contributed by atoms with Crippen LogP contribution in [0.15, 0.2) is 83.4 Å². The number of nitrogens with zero attached hydrogens (tertiary/aromatic N) is 2. The van der Waals surface area contributed by atoms with Gasteiger partial charge in [-0.2, -0.15) is 4.98 Å². The molecule has 4 aromatic rings. The Kier molecular flexibility index (Phi) is 7.20. The van der Waals surface area contributed by atoms with Crippen molar-refractivity contribution in [3.8, 4) is 17.1 Å². The highest BCUT2D eigenvalue weighted by Crippen LogP contribution is 2.26. The summed E-state index contributed by atoms with van der Waals surface area (Å²) in [6.07, 6.45) is -0.606. The van der Waals surface area contributed by atoms with Gasteiger partial charge in [0.15, 0.2) is 12.9 Å². The highest BCUT2D eigenvalue weighted by atomic mass is 16.7. The fourth-order valence-corrected chi connectivity index (χ4v) is 4.00. The van der Waals surface area contributed by atoms with Gasteiger partial charge in [-0.05, 0) is 28.8 Å². The quantitative estimate of drug-likeness (QED) is 0.352. The van der Waals surface area contributed by atoms with E-state index in [2.05, 4.69) is 15.5 Å². The van der Waals surface area contributed by atoms with E-state index in [0.29, 0.717) is 37.1 Å². The Hall–Kier alpha value is -4.21. The SMILES string of the molecule is O=C(O)NC(c1ccccc1)c1cccc(OCc2nc(-c3ccc(CC4OCCO4)cc3)no2)c1. The molecule has 1 unspecified atom stereocenters. The zero-order valence-electron chi connectivity index (χ0n) is 19.4. The standard InChI is InChI=1S/C27H25N3O6/c31-27(32)29-25(19-5-2-1-3-6-19)21-7-4-8-22(16-21)35-17-23-28-26(30-36-23)20-11-9-18(10-12-20)15-24-33-13-14-34-24/h1-12,16,24-25,29H,13-15,17H2,(H,31,32). The molecule has 2 heterocycles. The van der Waals surface area contributed by atoms with Crippen LogP contribution in [0, 0.1) is 0 Å². The molecule has 0 bridgehead atoms. The van der Waals surface area contributed by atoms with E-state index < -0.39 is 12.1 Å². The summed E-state index contributed by atoms with van der Waals surface area (Å²) in [5.74, 6) is 1.36. The van der Waals surface area contributed by atoms with E-state index in [-0.39, 0.29) is 12.9 Å². The first-order valence-electron chi connectivity index (χ1n) is 11.6. The Morgan fingerprint density at radius 1 is 1.00 bits per heavy atom. The Bertz CT molecular complexity index is 1290. The summed E-state index contributed by atoms with van der Waals surface area (Å²) < 4.78 is 22.2. The minimum Gasteiger partial charge on any atom is -0.484 e. The number of ether oxygens (including phenoxy) is 3. The van der Waals surface area contributed by atoms with Gasteiger partial charge in [0.1, 0.15) is 5.75 Å². The maximum Gasteiger partial charge on any atom is 0.405 e. The zero-order chi connectivity index (χ0) is 24.7. The van der Waals surface area contributed by atoms with Crippen molar-refractivity contribution in [3.05, 3.63) is 101 Å². The van der Waals surface area contributed by atoms with Crippen LogP contribution in [-0.4, -0.2) is 40.8 Å². The van der Waals surface area contributed by atoms with Crippen LogP contribution in [-0.2, 0) is 22.5 Å². The number of benzene rings is 3. The van der Waals surface area contributed by atoms with E-state index in [1.165, 1.54) is 0 Å². The van der Waals surface area contributed by atoms with Crippen molar-refractivity contribution in [2.45, 2.75) is 25.4 Å². The number of rotatable bonds is 9. The zero-order valence-corrected chi connectivity index (χ0v) is 19.4. The van der Waals surface area contributed by atoms with Gasteiger partial charge < -0.3 is 29.2 Å². The molecule has 0 spiro atoms. The smallest absolute Gasteiger partial charge is 0.405 e. The van der Waals surface area contributed by atoms with Crippen LogP contribution in [0.2, 0.25) is 0 Å². The number of hydrogen-bond acceptors (Lipinski definition) is 7. The first-order valence-corrected chi connectivity index (χ1v) is 11.6. The summed E-state index contributed by atoms with van der Waals surface area (Å²) in [6.45, 7) is 1.34. The second kappa shape index (κ2) is 11.0. The molecule has 1 saturated heterocycles. The summed E-state index contributed by atoms with van der Waals surface area (Å²) in [5.41, 5.74) is 3.51. The van der Waals surface area contributed by atoms with Crippen LogP contribution in [0.1, 0.15) is 28.6 Å². The Balaban J connectivity index is 1.23. The largest absolute Gasteiger partial charge is 0.484 e. The average Bonchev–Trinajstić information content (AvgIpc) is 3.60. The molecule has 1 atom stereocenters. The van der Waals surface area contributed by atoms with Crippen molar-refractivity contribution in [2.24, 2.45) is 0 Å². The van der Waals surface area contributed by atoms with E-state index in [1.54, 1.807) is 12.1 Å². The number of aromatic nitrogens is 2. The van der Waals surface area contributed by atoms with Gasteiger partial charge >= 0.3 is 6.09 Å². The number of carbonyl (C=O) groups is 1. The van der Waals surface area contributed by atoms with Crippen molar-refractivity contribution in [2.75, 3.05) is 13.2 Å². The molecule has 36 heavy (non-hydrogen) atoms. The number of hydrogen-bond donors (Lipinski definition) is 2. The lowest BCUT2D eigenvalue weighted by atomic mass is 9.99. The molecule has 1 aliphatic heterocycles. The Morgan fingerprint density at radius 2 is 1.75 bits per heavy atom. The lowest BCUT2D eigenvalue weighted by Crippen LogP contribution is -2.27. The van der Waals surface area contributed by atoms with Crippen molar-refractivity contribution in [1.29, 1.82) is 0 Å². The van der Waals surface area contributed by atoms with Crippen molar-refractivity contribution in [1.82, 2.24) is 15.5 Å². The van der Waals surface area contributed by atoms with Crippen LogP contribution in [0.4, 0.5) is 4.79 Å². The first kappa shape index (κ1) is 23.5. The molecule has 0 saturated carbocycles. The molecule has 2 N–H and O–H groups in total. The van der Waals surface area contributed by atoms with E-state index in [0.717, 1.165) is 22.3 Å². The second-order valence-corrected chi connectivity index (χ2v) is 8.24. The minimum absolute atomic E-state index is 0.0766. The maximum atomic E-state index is 11.4. The highest BCUT2D eigenvalue weighted by Gasteiger charge is 2.18. The Labute approximate surface area is 207 Å². The van der Waals surface area contributed by atoms with Gasteiger partial charge in [0.25, 0.3) is 5.89 Å². The lowest BCUT2D eigenvalue weighted by Gasteiger charge is -2.18. The Morgan fingerprint density at radius 3 is 2.50 bits per heavy atom. The van der Waals surface area contributed by atoms with E-state index in [9.17, 15) is 9.90 Å². The van der Waals surface area contributed by atoms with Gasteiger partial charge in [-0.3, -0.25) is 0 Å². The molecule has 0 radical (unpaired) electrons. The molecule has 9 heteroatoms. The number of nitrogens with one attached hydrogen (secondary N) is 1. The molecule has 1 fully saturated rings. The van der Waals surface area contributed by atoms with Crippen LogP contribution in [0.25, 0.3) is 11.4 Å². The fraction of sp³-hybridized carbons (Fsp3) is 0.222. The molecule has 1 aliphatic rings. The molecule has 1 aromatic heterocycles. The third kappa shape index (κ3) is 5.88. The average molecular weight is 488 g/mol. The first-order chi connectivity index (χ1) is 17.6. The predicted molar refractivity (Wildman–Crippen MR) is 129 cm³/mol. The van der Waals surface area contributed by atoms with E-state index in [4.69, 9.17) is 18.7 Å². The summed E-state index contributed by atoms with van der Waals surface area (Å²) in [6, 6.07) is 23.9. The summed E-state index contributed by atoms with van der Waals surface area (Å²) >= 11 is 0. The van der Waals surface area contributed by atoms with Gasteiger partial charge in [0, 0.05) is 12.0 Å². The maximum absolute atomic E-state index is 11.4. The van der Waals surface area contributed by atoms with Crippen LogP contribution in [0.5, 0.6) is 5.75 Å². The van der Waals surface area contributed by atoms with Crippen molar-refractivity contribution in [3.63, 3.8) is 0 Å². The minimum atomic E-state index is -1.11. The monoisotopic (exact) mass is 487 g/mol. The summed E-state index contributed by atoms with van der Waals surface area (Å²) in [4.78, 5) is 15.8. The van der Waals surface area contributed by atoms with Gasteiger partial charge in [0.2, 0.25) is 5.82 Å². The van der Waals surface area contributed by atoms with E-state index >= 15 is 0 Å². The summed E-state index contributed by atoms with van der Waals surface area (Å²) in [5, 5.41) is 15.9. The highest BCUT2D eigenvalue weighted by molar-refractivity contribution is 5.66. The van der Waals surface area contributed by atoms with Gasteiger partial charge in [-0.1, -0.05) is 71.9 Å². The van der Waals surface area contributed by atoms with Crippen LogP contribution in [0.3, 0.4) is 0 Å². The van der Waals surface area contributed by atoms with E-state index in [1.807, 2.05) is 66.7 Å². The topological polar surface area (TPSA) is 116 Å². The number of amides is 1. The molecule has 3 aromatic carbocycles. The van der Waals surface area contributed by atoms with Crippen molar-refractivity contribution >= 4 is 6.09 Å². The molecular weight excluding hydrogens is 462 g/mol. The third-order valence-electron chi connectivity index (χ3n) is 5.73.